The van der Waals surface area contributed by atoms with Gasteiger partial charge in [-0.25, -0.2) is 0 Å². The zero-order chi connectivity index (χ0) is 19.3. The van der Waals surface area contributed by atoms with Crippen molar-refractivity contribution in [1.29, 1.82) is 0 Å². The van der Waals surface area contributed by atoms with Gasteiger partial charge in [-0.1, -0.05) is 0 Å². The van der Waals surface area contributed by atoms with Gasteiger partial charge >= 0.3 is 0 Å². The number of non-ortho nitro benzene ring substituents is 1. The van der Waals surface area contributed by atoms with E-state index in [9.17, 15) is 14.9 Å². The van der Waals surface area contributed by atoms with Crippen molar-refractivity contribution in [2.24, 2.45) is 0 Å². The Kier molecular flexibility index (Phi) is 3.58. The number of amides is 1. The Bertz CT molecular complexity index is 1100. The molecule has 1 N–H and O–H groups in total. The number of nitrogens with zero attached hydrogens (tertiary/aromatic N) is 1. The number of nitro groups is 1. The number of nitro benzene ring substituents is 1. The van der Waals surface area contributed by atoms with E-state index in [0.29, 0.717) is 28.7 Å². The Hall–Kier alpha value is -3.81. The summed E-state index contributed by atoms with van der Waals surface area (Å²) in [7, 11) is 0. The number of anilines is 1. The van der Waals surface area contributed by atoms with Gasteiger partial charge in [-0.15, -0.1) is 0 Å². The third kappa shape index (κ3) is 2.66. The average Bonchev–Trinajstić information content (AvgIpc) is 3.35. The smallest absolute Gasteiger partial charge is 0.269 e. The minimum atomic E-state index is -0.445. The first kappa shape index (κ1) is 16.4. The third-order valence-corrected chi connectivity index (χ3v) is 4.92. The van der Waals surface area contributed by atoms with E-state index >= 15 is 0 Å². The molecule has 140 valence electrons. The maximum atomic E-state index is 12.2. The maximum Gasteiger partial charge on any atom is 0.269 e. The summed E-state index contributed by atoms with van der Waals surface area (Å²) in [6.45, 7) is 0.155. The van der Waals surface area contributed by atoms with E-state index in [1.165, 1.54) is 12.1 Å². The molecule has 0 saturated heterocycles. The second-order valence-electron chi connectivity index (χ2n) is 6.60. The molecule has 2 aromatic carbocycles. The molecular formula is C20H14N2O6. The van der Waals surface area contributed by atoms with Crippen molar-refractivity contribution in [1.82, 2.24) is 0 Å². The molecule has 1 amide bonds. The molecule has 1 atom stereocenters. The molecule has 2 aliphatic heterocycles. The highest BCUT2D eigenvalue weighted by atomic mass is 16.7. The number of furan rings is 1. The van der Waals surface area contributed by atoms with Crippen LogP contribution in [0.25, 0.3) is 11.3 Å². The Morgan fingerprint density at radius 2 is 1.79 bits per heavy atom. The maximum absolute atomic E-state index is 12.2. The Morgan fingerprint density at radius 3 is 2.54 bits per heavy atom. The van der Waals surface area contributed by atoms with Gasteiger partial charge in [0.05, 0.1) is 10.8 Å². The van der Waals surface area contributed by atoms with E-state index in [4.69, 9.17) is 13.9 Å². The first-order valence-corrected chi connectivity index (χ1v) is 8.66. The summed E-state index contributed by atoms with van der Waals surface area (Å²) in [4.78, 5) is 22.6. The number of carbonyl (C=O) groups excluding carboxylic acids is 1. The lowest BCUT2D eigenvalue weighted by Crippen LogP contribution is -2.23. The number of rotatable bonds is 3. The zero-order valence-corrected chi connectivity index (χ0v) is 14.5. The fourth-order valence-corrected chi connectivity index (χ4v) is 3.55. The van der Waals surface area contributed by atoms with Crippen LogP contribution in [-0.2, 0) is 4.79 Å². The second-order valence-corrected chi connectivity index (χ2v) is 6.60. The van der Waals surface area contributed by atoms with E-state index in [-0.39, 0.29) is 30.7 Å². The fraction of sp³-hybridized carbons (Fsp3) is 0.150. The minimum absolute atomic E-state index is 0.0180. The molecular weight excluding hydrogens is 364 g/mol. The van der Waals surface area contributed by atoms with E-state index in [1.54, 1.807) is 24.3 Å². The predicted octanol–water partition coefficient (Wildman–Crippen LogP) is 4.06. The van der Waals surface area contributed by atoms with Crippen LogP contribution in [0.2, 0.25) is 0 Å². The molecule has 2 aliphatic rings. The second kappa shape index (κ2) is 6.12. The molecule has 8 nitrogen and oxygen atoms in total. The van der Waals surface area contributed by atoms with Gasteiger partial charge in [0.2, 0.25) is 12.7 Å². The SMILES string of the molecule is O=C1CC(c2ccc(-c3ccc([N+](=O)[O-])cc3)o2)c2cc3c(cc2N1)OCO3. The highest BCUT2D eigenvalue weighted by Gasteiger charge is 2.31. The van der Waals surface area contributed by atoms with Crippen molar-refractivity contribution >= 4 is 17.3 Å². The number of benzene rings is 2. The van der Waals surface area contributed by atoms with Crippen LogP contribution in [0.5, 0.6) is 11.5 Å². The van der Waals surface area contributed by atoms with Crippen molar-refractivity contribution in [3.63, 3.8) is 0 Å². The lowest BCUT2D eigenvalue weighted by atomic mass is 9.88. The number of fused-ring (bicyclic) bond motifs is 2. The number of ether oxygens (including phenoxy) is 2. The van der Waals surface area contributed by atoms with Gasteiger partial charge in [-0.2, -0.15) is 0 Å². The van der Waals surface area contributed by atoms with Gasteiger partial charge in [-0.05, 0) is 35.9 Å². The summed E-state index contributed by atoms with van der Waals surface area (Å²) in [5.74, 6) is 2.10. The van der Waals surface area contributed by atoms with Gasteiger partial charge in [0.1, 0.15) is 11.5 Å². The molecule has 1 unspecified atom stereocenters. The van der Waals surface area contributed by atoms with Crippen LogP contribution in [-0.4, -0.2) is 17.6 Å². The average molecular weight is 378 g/mol. The van der Waals surface area contributed by atoms with Crippen molar-refractivity contribution < 1.29 is 23.6 Å². The molecule has 8 heteroatoms. The van der Waals surface area contributed by atoms with Crippen molar-refractivity contribution in [3.8, 4) is 22.8 Å². The van der Waals surface area contributed by atoms with Crippen LogP contribution in [0, 0.1) is 10.1 Å². The Labute approximate surface area is 158 Å². The molecule has 1 aromatic heterocycles. The van der Waals surface area contributed by atoms with E-state index in [1.807, 2.05) is 12.1 Å². The van der Waals surface area contributed by atoms with Gasteiger partial charge in [-0.3, -0.25) is 14.9 Å². The van der Waals surface area contributed by atoms with Crippen molar-refractivity contribution in [2.75, 3.05) is 12.1 Å². The van der Waals surface area contributed by atoms with Crippen LogP contribution in [0.15, 0.2) is 52.9 Å². The molecule has 28 heavy (non-hydrogen) atoms. The van der Waals surface area contributed by atoms with Crippen molar-refractivity contribution in [2.45, 2.75) is 12.3 Å². The monoisotopic (exact) mass is 378 g/mol. The topological polar surface area (TPSA) is 104 Å². The third-order valence-electron chi connectivity index (χ3n) is 4.92. The standard InChI is InChI=1S/C20H14N2O6/c23-20-8-14(13-7-18-19(27-10-26-18)9-15(13)21-20)17-6-5-16(28-17)11-1-3-12(4-2-11)22(24)25/h1-7,9,14H,8,10H2,(H,21,23). The normalized spacial score (nSPS) is 17.1. The molecule has 0 bridgehead atoms. The summed E-state index contributed by atoms with van der Waals surface area (Å²) >= 11 is 0. The molecule has 3 heterocycles. The van der Waals surface area contributed by atoms with Gasteiger partial charge in [0.15, 0.2) is 11.5 Å². The van der Waals surface area contributed by atoms with Crippen molar-refractivity contribution in [3.05, 3.63) is 70.0 Å². The van der Waals surface area contributed by atoms with E-state index in [2.05, 4.69) is 5.32 Å². The zero-order valence-electron chi connectivity index (χ0n) is 14.5. The first-order valence-electron chi connectivity index (χ1n) is 8.66. The number of hydrogen-bond donors (Lipinski definition) is 1. The Morgan fingerprint density at radius 1 is 1.04 bits per heavy atom. The fourth-order valence-electron chi connectivity index (χ4n) is 3.55. The molecule has 5 rings (SSSR count). The summed E-state index contributed by atoms with van der Waals surface area (Å²) in [5, 5.41) is 13.7. The van der Waals surface area contributed by atoms with Crippen LogP contribution in [0.3, 0.4) is 0 Å². The predicted molar refractivity (Wildman–Crippen MR) is 98.5 cm³/mol. The molecule has 0 aliphatic carbocycles. The molecule has 0 saturated carbocycles. The largest absolute Gasteiger partial charge is 0.460 e. The number of hydrogen-bond acceptors (Lipinski definition) is 6. The summed E-state index contributed by atoms with van der Waals surface area (Å²) in [6, 6.07) is 13.4. The Balaban J connectivity index is 1.51. The lowest BCUT2D eigenvalue weighted by molar-refractivity contribution is -0.384. The van der Waals surface area contributed by atoms with Crippen LogP contribution < -0.4 is 14.8 Å². The highest BCUT2D eigenvalue weighted by Crippen LogP contribution is 2.45. The van der Waals surface area contributed by atoms with Crippen LogP contribution in [0.4, 0.5) is 11.4 Å². The lowest BCUT2D eigenvalue weighted by Gasteiger charge is -2.24. The molecule has 0 spiro atoms. The van der Waals surface area contributed by atoms with E-state index < -0.39 is 4.92 Å². The number of carbonyl (C=O) groups is 1. The van der Waals surface area contributed by atoms with Crippen LogP contribution >= 0.6 is 0 Å². The summed E-state index contributed by atoms with van der Waals surface area (Å²) in [5.41, 5.74) is 2.32. The number of nitrogens with one attached hydrogen (secondary N) is 1. The highest BCUT2D eigenvalue weighted by molar-refractivity contribution is 5.96. The summed E-state index contributed by atoms with van der Waals surface area (Å²) in [6.07, 6.45) is 0.250. The summed E-state index contributed by atoms with van der Waals surface area (Å²) < 4.78 is 16.9. The minimum Gasteiger partial charge on any atom is -0.460 e. The van der Waals surface area contributed by atoms with Crippen LogP contribution in [0.1, 0.15) is 23.7 Å². The first-order chi connectivity index (χ1) is 13.6. The molecule has 0 fully saturated rings. The van der Waals surface area contributed by atoms with Gasteiger partial charge in [0, 0.05) is 35.9 Å². The molecule has 0 radical (unpaired) electrons. The van der Waals surface area contributed by atoms with E-state index in [0.717, 1.165) is 11.1 Å². The molecule has 3 aromatic rings. The quantitative estimate of drug-likeness (QED) is 0.544. The van der Waals surface area contributed by atoms with Gasteiger partial charge < -0.3 is 19.2 Å². The van der Waals surface area contributed by atoms with Gasteiger partial charge in [0.25, 0.3) is 5.69 Å².